The van der Waals surface area contributed by atoms with E-state index in [0.717, 1.165) is 13.0 Å². The maximum atomic E-state index is 3.27. The van der Waals surface area contributed by atoms with Crippen LogP contribution in [0, 0.1) is 6.54 Å². The highest BCUT2D eigenvalue weighted by Crippen LogP contribution is 1.97. The molecule has 0 fully saturated rings. The van der Waals surface area contributed by atoms with Crippen LogP contribution in [0.2, 0.25) is 0 Å². The lowest BCUT2D eigenvalue weighted by molar-refractivity contribution is 0.626. The van der Waals surface area contributed by atoms with Gasteiger partial charge in [-0.15, -0.1) is 0 Å². The van der Waals surface area contributed by atoms with Crippen molar-refractivity contribution in [1.82, 2.24) is 5.32 Å². The van der Waals surface area contributed by atoms with Gasteiger partial charge in [0.2, 0.25) is 0 Å². The van der Waals surface area contributed by atoms with Crippen molar-refractivity contribution in [1.29, 1.82) is 0 Å². The van der Waals surface area contributed by atoms with Crippen LogP contribution >= 0.6 is 0 Å². The van der Waals surface area contributed by atoms with E-state index in [1.807, 2.05) is 0 Å². The van der Waals surface area contributed by atoms with Crippen LogP contribution in [0.5, 0.6) is 0 Å². The highest BCUT2D eigenvalue weighted by atomic mass is 14.8. The van der Waals surface area contributed by atoms with Gasteiger partial charge >= 0.3 is 0 Å². The molecule has 0 aliphatic carbocycles. The Morgan fingerprint density at radius 1 is 1.10 bits per heavy atom. The maximum Gasteiger partial charge on any atom is 0.0218 e. The molecule has 0 aromatic heterocycles. The predicted molar refractivity (Wildman–Crippen MR) is 46.7 cm³/mol. The second kappa shape index (κ2) is 8.96. The van der Waals surface area contributed by atoms with Crippen molar-refractivity contribution in [2.45, 2.75) is 46.0 Å². The summed E-state index contributed by atoms with van der Waals surface area (Å²) in [4.78, 5) is 0. The summed E-state index contributed by atoms with van der Waals surface area (Å²) in [7, 11) is 0. The molecule has 0 atom stereocenters. The molecule has 0 spiro atoms. The molecule has 1 nitrogen and oxygen atoms in total. The zero-order chi connectivity index (χ0) is 7.66. The topological polar surface area (TPSA) is 12.0 Å². The fraction of sp³-hybridized carbons (Fsp3) is 0.889. The molecule has 1 heteroatoms. The molecule has 0 aliphatic heterocycles. The Labute approximate surface area is 65.2 Å². The lowest BCUT2D eigenvalue weighted by Gasteiger charge is -2.00. The average molecular weight is 142 g/mol. The number of rotatable bonds is 7. The quantitative estimate of drug-likeness (QED) is 0.539. The summed E-state index contributed by atoms with van der Waals surface area (Å²) < 4.78 is 0. The Hall–Kier alpha value is -0.0400. The minimum atomic E-state index is 1.13. The molecule has 10 heavy (non-hydrogen) atoms. The first kappa shape index (κ1) is 9.96. The molecule has 0 unspecified atom stereocenters. The summed E-state index contributed by atoms with van der Waals surface area (Å²) in [5, 5.41) is 3.27. The predicted octanol–water partition coefficient (Wildman–Crippen LogP) is 2.73. The smallest absolute Gasteiger partial charge is 0.0218 e. The Balaban J connectivity index is 2.65. The zero-order valence-electron chi connectivity index (χ0n) is 7.32. The van der Waals surface area contributed by atoms with Gasteiger partial charge in [-0.05, 0) is 19.4 Å². The molecule has 0 aliphatic rings. The number of hydrogen-bond acceptors (Lipinski definition) is 1. The van der Waals surface area contributed by atoms with Crippen LogP contribution in [0.4, 0.5) is 0 Å². The zero-order valence-corrected chi connectivity index (χ0v) is 7.32. The third kappa shape index (κ3) is 7.96. The van der Waals surface area contributed by atoms with Gasteiger partial charge in [0.1, 0.15) is 0 Å². The van der Waals surface area contributed by atoms with E-state index in [1.54, 1.807) is 0 Å². The van der Waals surface area contributed by atoms with Crippen molar-refractivity contribution in [3.05, 3.63) is 6.54 Å². The summed E-state index contributed by atoms with van der Waals surface area (Å²) in [6.45, 7) is 7.68. The normalized spacial score (nSPS) is 10.2. The molecule has 0 saturated heterocycles. The van der Waals surface area contributed by atoms with E-state index in [2.05, 4.69) is 25.7 Å². The van der Waals surface area contributed by atoms with Gasteiger partial charge in [-0.2, -0.15) is 0 Å². The molecule has 1 radical (unpaired) electrons. The minimum absolute atomic E-state index is 1.13. The third-order valence-corrected chi connectivity index (χ3v) is 1.52. The van der Waals surface area contributed by atoms with E-state index in [4.69, 9.17) is 0 Å². The van der Waals surface area contributed by atoms with Crippen LogP contribution in [0.25, 0.3) is 0 Å². The Kier molecular flexibility index (Phi) is 8.92. The second-order valence-electron chi connectivity index (χ2n) is 2.63. The molecule has 0 bridgehead atoms. The third-order valence-electron chi connectivity index (χ3n) is 1.52. The first-order valence-corrected chi connectivity index (χ1v) is 4.46. The average Bonchev–Trinajstić information content (AvgIpc) is 1.97. The highest BCUT2D eigenvalue weighted by Gasteiger charge is 1.86. The Bertz CT molecular complexity index is 44.7. The standard InChI is InChI=1S/C9H20N/c1-3-5-6-7-9-10-8-4-2/h8,10H,3-7,9H2,1-2H3. The van der Waals surface area contributed by atoms with Gasteiger partial charge in [0, 0.05) is 6.54 Å². The molecule has 0 rings (SSSR count). The summed E-state index contributed by atoms with van der Waals surface area (Å²) in [6, 6.07) is 0. The minimum Gasteiger partial charge on any atom is -0.312 e. The lowest BCUT2D eigenvalue weighted by atomic mass is 10.2. The number of unbranched alkanes of at least 4 members (excludes halogenated alkanes) is 3. The summed E-state index contributed by atoms with van der Waals surface area (Å²) in [5.41, 5.74) is 0. The molecule has 0 aromatic rings. The van der Waals surface area contributed by atoms with Gasteiger partial charge in [0.25, 0.3) is 0 Å². The van der Waals surface area contributed by atoms with Gasteiger partial charge in [-0.1, -0.05) is 33.1 Å². The van der Waals surface area contributed by atoms with Crippen LogP contribution in [-0.4, -0.2) is 6.54 Å². The number of nitrogens with one attached hydrogen (secondary N) is 1. The van der Waals surface area contributed by atoms with Gasteiger partial charge in [-0.25, -0.2) is 0 Å². The fourth-order valence-electron chi connectivity index (χ4n) is 0.900. The molecular formula is C9H20N. The largest absolute Gasteiger partial charge is 0.312 e. The molecule has 61 valence electrons. The van der Waals surface area contributed by atoms with Crippen molar-refractivity contribution in [3.8, 4) is 0 Å². The molecule has 0 saturated carbocycles. The van der Waals surface area contributed by atoms with E-state index in [0.29, 0.717) is 0 Å². The van der Waals surface area contributed by atoms with Crippen molar-refractivity contribution in [3.63, 3.8) is 0 Å². The van der Waals surface area contributed by atoms with E-state index in [-0.39, 0.29) is 0 Å². The van der Waals surface area contributed by atoms with E-state index < -0.39 is 0 Å². The summed E-state index contributed by atoms with van der Waals surface area (Å²) in [6.07, 6.45) is 6.55. The first-order chi connectivity index (χ1) is 4.91. The molecule has 0 aromatic carbocycles. The van der Waals surface area contributed by atoms with Crippen LogP contribution < -0.4 is 5.32 Å². The molecule has 0 amide bonds. The van der Waals surface area contributed by atoms with Crippen molar-refractivity contribution < 1.29 is 0 Å². The van der Waals surface area contributed by atoms with E-state index in [1.165, 1.54) is 25.7 Å². The maximum absolute atomic E-state index is 3.27. The van der Waals surface area contributed by atoms with Gasteiger partial charge in [0.05, 0.1) is 0 Å². The van der Waals surface area contributed by atoms with E-state index in [9.17, 15) is 0 Å². The summed E-state index contributed by atoms with van der Waals surface area (Å²) in [5.74, 6) is 0. The second-order valence-corrected chi connectivity index (χ2v) is 2.63. The van der Waals surface area contributed by atoms with E-state index >= 15 is 0 Å². The first-order valence-electron chi connectivity index (χ1n) is 4.46. The Morgan fingerprint density at radius 3 is 2.50 bits per heavy atom. The van der Waals surface area contributed by atoms with Crippen LogP contribution in [-0.2, 0) is 0 Å². The fourth-order valence-corrected chi connectivity index (χ4v) is 0.900. The SMILES string of the molecule is CC[CH]NCCCCCC. The van der Waals surface area contributed by atoms with Gasteiger partial charge in [-0.3, -0.25) is 0 Å². The number of hydrogen-bond donors (Lipinski definition) is 1. The molecule has 0 heterocycles. The van der Waals surface area contributed by atoms with Gasteiger partial charge in [0.15, 0.2) is 0 Å². The van der Waals surface area contributed by atoms with Crippen LogP contribution in [0.1, 0.15) is 46.0 Å². The monoisotopic (exact) mass is 142 g/mol. The van der Waals surface area contributed by atoms with Crippen LogP contribution in [0.15, 0.2) is 0 Å². The lowest BCUT2D eigenvalue weighted by Crippen LogP contribution is -2.10. The van der Waals surface area contributed by atoms with Crippen molar-refractivity contribution >= 4 is 0 Å². The Morgan fingerprint density at radius 2 is 1.90 bits per heavy atom. The van der Waals surface area contributed by atoms with Crippen molar-refractivity contribution in [2.75, 3.05) is 6.54 Å². The van der Waals surface area contributed by atoms with Gasteiger partial charge < -0.3 is 5.32 Å². The molecule has 1 N–H and O–H groups in total. The van der Waals surface area contributed by atoms with Crippen molar-refractivity contribution in [2.24, 2.45) is 0 Å². The summed E-state index contributed by atoms with van der Waals surface area (Å²) >= 11 is 0. The molecular weight excluding hydrogens is 122 g/mol. The highest BCUT2D eigenvalue weighted by molar-refractivity contribution is 4.57. The van der Waals surface area contributed by atoms with Crippen LogP contribution in [0.3, 0.4) is 0 Å².